The molecule has 0 aliphatic heterocycles. The Labute approximate surface area is 157 Å². The van der Waals surface area contributed by atoms with Crippen LogP contribution >= 0.6 is 0 Å². The Morgan fingerprint density at radius 3 is 2.46 bits per heavy atom. The molecule has 0 aliphatic carbocycles. The van der Waals surface area contributed by atoms with Gasteiger partial charge in [0.2, 0.25) is 10.0 Å². The van der Waals surface area contributed by atoms with E-state index in [2.05, 4.69) is 28.2 Å². The first-order valence-corrected chi connectivity index (χ1v) is 9.89. The molecule has 0 aromatic carbocycles. The SMILES string of the molecule is C=C/C=C(\C=C/C)C(=O)NCCN=C(C/C=C\C)NS(=O)(=O)C(C)C=C. The molecule has 0 heterocycles. The number of amidine groups is 1. The number of sulfonamides is 1. The zero-order valence-corrected chi connectivity index (χ0v) is 16.6. The van der Waals surface area contributed by atoms with Crippen LogP contribution in [0.2, 0.25) is 0 Å². The Hall–Kier alpha value is -2.41. The second kappa shape index (κ2) is 12.9. The maximum absolute atomic E-state index is 12.1. The van der Waals surface area contributed by atoms with E-state index in [0.29, 0.717) is 17.8 Å². The molecule has 0 spiro atoms. The number of rotatable bonds is 11. The van der Waals surface area contributed by atoms with Crippen molar-refractivity contribution in [3.8, 4) is 0 Å². The average molecular weight is 380 g/mol. The maximum atomic E-state index is 12.1. The highest BCUT2D eigenvalue weighted by Gasteiger charge is 2.18. The molecule has 1 amide bonds. The first-order chi connectivity index (χ1) is 12.3. The Morgan fingerprint density at radius 1 is 1.23 bits per heavy atom. The molecule has 0 saturated heterocycles. The summed E-state index contributed by atoms with van der Waals surface area (Å²) in [7, 11) is -3.57. The second-order valence-electron chi connectivity index (χ2n) is 5.30. The lowest BCUT2D eigenvalue weighted by Gasteiger charge is -2.13. The number of aliphatic imine (C=N–C) groups is 1. The van der Waals surface area contributed by atoms with Gasteiger partial charge in [0.1, 0.15) is 5.84 Å². The first-order valence-electron chi connectivity index (χ1n) is 8.34. The Kier molecular flexibility index (Phi) is 11.7. The maximum Gasteiger partial charge on any atom is 0.251 e. The van der Waals surface area contributed by atoms with Gasteiger partial charge in [0.15, 0.2) is 0 Å². The van der Waals surface area contributed by atoms with E-state index in [4.69, 9.17) is 0 Å². The number of nitrogens with one attached hydrogen (secondary N) is 2. The van der Waals surface area contributed by atoms with E-state index in [-0.39, 0.29) is 19.0 Å². The van der Waals surface area contributed by atoms with E-state index in [9.17, 15) is 13.2 Å². The number of carbonyl (C=O) groups excluding carboxylic acids is 1. The lowest BCUT2D eigenvalue weighted by Crippen LogP contribution is -2.36. The molecular weight excluding hydrogens is 350 g/mol. The van der Waals surface area contributed by atoms with Crippen molar-refractivity contribution in [3.63, 3.8) is 0 Å². The third kappa shape index (κ3) is 9.17. The van der Waals surface area contributed by atoms with E-state index in [1.54, 1.807) is 24.3 Å². The Bertz CT molecular complexity index is 702. The minimum atomic E-state index is -3.57. The van der Waals surface area contributed by atoms with Gasteiger partial charge >= 0.3 is 0 Å². The molecule has 0 radical (unpaired) electrons. The summed E-state index contributed by atoms with van der Waals surface area (Å²) in [4.78, 5) is 16.3. The van der Waals surface area contributed by atoms with Gasteiger partial charge in [-0.15, -0.1) is 6.58 Å². The van der Waals surface area contributed by atoms with Gasteiger partial charge in [-0.1, -0.05) is 49.1 Å². The third-order valence-corrected chi connectivity index (χ3v) is 4.93. The zero-order chi connectivity index (χ0) is 20.0. The number of amides is 1. The monoisotopic (exact) mass is 379 g/mol. The third-order valence-electron chi connectivity index (χ3n) is 3.23. The van der Waals surface area contributed by atoms with E-state index in [1.807, 2.05) is 19.9 Å². The second-order valence-corrected chi connectivity index (χ2v) is 7.34. The fourth-order valence-corrected chi connectivity index (χ4v) is 2.64. The highest BCUT2D eigenvalue weighted by Crippen LogP contribution is 2.01. The van der Waals surface area contributed by atoms with Gasteiger partial charge in [-0.25, -0.2) is 8.42 Å². The Morgan fingerprint density at radius 2 is 1.92 bits per heavy atom. The van der Waals surface area contributed by atoms with Crippen LogP contribution in [0.15, 0.2) is 66.3 Å². The number of carbonyl (C=O) groups is 1. The minimum absolute atomic E-state index is 0.242. The van der Waals surface area contributed by atoms with Crippen molar-refractivity contribution < 1.29 is 13.2 Å². The predicted octanol–water partition coefficient (Wildman–Crippen LogP) is 2.65. The quantitative estimate of drug-likeness (QED) is 0.144. The number of hydrogen-bond acceptors (Lipinski definition) is 4. The van der Waals surface area contributed by atoms with Crippen LogP contribution in [-0.2, 0) is 14.8 Å². The highest BCUT2D eigenvalue weighted by atomic mass is 32.2. The van der Waals surface area contributed by atoms with E-state index >= 15 is 0 Å². The van der Waals surface area contributed by atoms with Crippen molar-refractivity contribution in [2.45, 2.75) is 32.4 Å². The van der Waals surface area contributed by atoms with Crippen LogP contribution in [-0.4, -0.2) is 38.5 Å². The molecular formula is C19H29N3O3S. The zero-order valence-electron chi connectivity index (χ0n) is 15.7. The molecule has 1 atom stereocenters. The Balaban J connectivity index is 4.92. The first kappa shape index (κ1) is 23.6. The molecule has 2 N–H and O–H groups in total. The molecule has 26 heavy (non-hydrogen) atoms. The molecule has 0 aromatic heterocycles. The van der Waals surface area contributed by atoms with Crippen molar-refractivity contribution >= 4 is 21.8 Å². The summed E-state index contributed by atoms with van der Waals surface area (Å²) in [5.74, 6) is 0.0791. The largest absolute Gasteiger partial charge is 0.350 e. The summed E-state index contributed by atoms with van der Waals surface area (Å²) in [5.41, 5.74) is 0.487. The average Bonchev–Trinajstić information content (AvgIpc) is 2.61. The van der Waals surface area contributed by atoms with E-state index < -0.39 is 15.3 Å². The molecule has 144 valence electrons. The van der Waals surface area contributed by atoms with E-state index in [1.165, 1.54) is 19.1 Å². The summed E-state index contributed by atoms with van der Waals surface area (Å²) in [6, 6.07) is 0. The topological polar surface area (TPSA) is 87.6 Å². The summed E-state index contributed by atoms with van der Waals surface area (Å²) in [6.07, 6.45) is 11.9. The predicted molar refractivity (Wildman–Crippen MR) is 110 cm³/mol. The van der Waals surface area contributed by atoms with Gasteiger partial charge in [0.25, 0.3) is 5.91 Å². The number of allylic oxidation sites excluding steroid dienone is 4. The molecule has 0 aliphatic rings. The molecule has 0 aromatic rings. The van der Waals surface area contributed by atoms with Crippen LogP contribution in [0.4, 0.5) is 0 Å². The van der Waals surface area contributed by atoms with Crippen LogP contribution in [0.25, 0.3) is 0 Å². The normalized spacial score (nSPS) is 14.4. The summed E-state index contributed by atoms with van der Waals surface area (Å²) >= 11 is 0. The van der Waals surface area contributed by atoms with Gasteiger partial charge in [-0.3, -0.25) is 14.5 Å². The molecule has 0 fully saturated rings. The molecule has 0 rings (SSSR count). The molecule has 0 bridgehead atoms. The van der Waals surface area contributed by atoms with Crippen molar-refractivity contribution in [1.29, 1.82) is 0 Å². The van der Waals surface area contributed by atoms with Crippen LogP contribution in [0, 0.1) is 0 Å². The van der Waals surface area contributed by atoms with Gasteiger partial charge in [-0.05, 0) is 20.8 Å². The fourth-order valence-electron chi connectivity index (χ4n) is 1.73. The molecule has 0 saturated carbocycles. The van der Waals surface area contributed by atoms with Gasteiger partial charge in [-0.2, -0.15) is 0 Å². The highest BCUT2D eigenvalue weighted by molar-refractivity contribution is 7.90. The van der Waals surface area contributed by atoms with Crippen LogP contribution < -0.4 is 10.0 Å². The lowest BCUT2D eigenvalue weighted by atomic mass is 10.2. The number of nitrogens with zero attached hydrogens (tertiary/aromatic N) is 1. The number of hydrogen-bond donors (Lipinski definition) is 2. The van der Waals surface area contributed by atoms with Gasteiger partial charge < -0.3 is 5.32 Å². The smallest absolute Gasteiger partial charge is 0.251 e. The van der Waals surface area contributed by atoms with E-state index in [0.717, 1.165) is 0 Å². The summed E-state index contributed by atoms with van der Waals surface area (Å²) < 4.78 is 26.7. The van der Waals surface area contributed by atoms with Crippen molar-refractivity contribution in [1.82, 2.24) is 10.0 Å². The van der Waals surface area contributed by atoms with Crippen LogP contribution in [0.5, 0.6) is 0 Å². The fraction of sp³-hybridized carbons (Fsp3) is 0.368. The molecule has 7 heteroatoms. The molecule has 6 nitrogen and oxygen atoms in total. The summed E-state index contributed by atoms with van der Waals surface area (Å²) in [6.45, 7) is 12.8. The van der Waals surface area contributed by atoms with Crippen molar-refractivity contribution in [3.05, 3.63) is 61.3 Å². The minimum Gasteiger partial charge on any atom is -0.350 e. The van der Waals surface area contributed by atoms with Crippen molar-refractivity contribution in [2.24, 2.45) is 4.99 Å². The lowest BCUT2D eigenvalue weighted by molar-refractivity contribution is -0.117. The van der Waals surface area contributed by atoms with Gasteiger partial charge in [0, 0.05) is 18.5 Å². The van der Waals surface area contributed by atoms with Gasteiger partial charge in [0.05, 0.1) is 11.8 Å². The standard InChI is InChI=1S/C19H29N3O3S/c1-6-10-13-18(22-26(24,25)16(5)9-4)20-14-15-21-19(23)17(11-7-2)12-8-3/h6-12,16H,2,4,13-15H2,1,3,5H3,(H,20,22)(H,21,23)/b10-6-,12-8-,17-11+. The van der Waals surface area contributed by atoms with Crippen molar-refractivity contribution in [2.75, 3.05) is 13.1 Å². The van der Waals surface area contributed by atoms with Crippen LogP contribution in [0.1, 0.15) is 27.2 Å². The van der Waals surface area contributed by atoms with Crippen LogP contribution in [0.3, 0.4) is 0 Å². The summed E-state index contributed by atoms with van der Waals surface area (Å²) in [5, 5.41) is 2.00. The molecule has 1 unspecified atom stereocenters.